The second kappa shape index (κ2) is 7.73. The molecule has 8 nitrogen and oxygen atoms in total. The summed E-state index contributed by atoms with van der Waals surface area (Å²) in [5, 5.41) is 18.9. The number of carboxylic acids is 2. The number of nitrogens with one attached hydrogen (secondary N) is 1. The zero-order valence-corrected chi connectivity index (χ0v) is 15.5. The Bertz CT molecular complexity index is 1070. The molecule has 0 radical (unpaired) electrons. The molecule has 11 heteroatoms. The first kappa shape index (κ1) is 21.2. The zero-order valence-electron chi connectivity index (χ0n) is 15.5. The van der Waals surface area contributed by atoms with E-state index in [2.05, 4.69) is 0 Å². The van der Waals surface area contributed by atoms with Gasteiger partial charge in [-0.05, 0) is 37.0 Å². The Balaban J connectivity index is 2.33. The number of hydrogen-bond acceptors (Lipinski definition) is 5. The fourth-order valence-electron chi connectivity index (χ4n) is 3.66. The number of carbonyl (C=O) groups is 2. The number of benzene rings is 1. The first-order chi connectivity index (χ1) is 14.0. The average Bonchev–Trinajstić information content (AvgIpc) is 2.66. The Labute approximate surface area is 167 Å². The van der Waals surface area contributed by atoms with Crippen LogP contribution in [0.3, 0.4) is 0 Å². The number of hydrogen-bond donors (Lipinski definition) is 4. The van der Waals surface area contributed by atoms with Gasteiger partial charge < -0.3 is 25.8 Å². The molecule has 5 N–H and O–H groups in total. The first-order valence-electron chi connectivity index (χ1n) is 9.01. The van der Waals surface area contributed by atoms with Crippen LogP contribution in [-0.2, 0) is 6.18 Å². The minimum Gasteiger partial charge on any atom is -0.478 e. The van der Waals surface area contributed by atoms with E-state index in [0.717, 1.165) is 25.3 Å². The van der Waals surface area contributed by atoms with Gasteiger partial charge in [-0.25, -0.2) is 9.59 Å². The molecule has 3 rings (SSSR count). The van der Waals surface area contributed by atoms with Gasteiger partial charge in [-0.2, -0.15) is 13.2 Å². The molecule has 2 aromatic rings. The maximum Gasteiger partial charge on any atom is 0.418 e. The van der Waals surface area contributed by atoms with Crippen molar-refractivity contribution in [2.45, 2.75) is 25.4 Å². The van der Waals surface area contributed by atoms with E-state index >= 15 is 0 Å². The highest BCUT2D eigenvalue weighted by Crippen LogP contribution is 2.41. The topological polar surface area (TPSA) is 137 Å². The minimum absolute atomic E-state index is 0.0856. The highest BCUT2D eigenvalue weighted by Gasteiger charge is 2.36. The molecule has 0 unspecified atom stereocenters. The predicted octanol–water partition coefficient (Wildman–Crippen LogP) is 3.03. The van der Waals surface area contributed by atoms with Crippen molar-refractivity contribution >= 4 is 23.4 Å². The zero-order chi connectivity index (χ0) is 22.2. The number of pyridine rings is 1. The van der Waals surface area contributed by atoms with E-state index in [-0.39, 0.29) is 11.3 Å². The lowest BCUT2D eigenvalue weighted by molar-refractivity contribution is -0.137. The molecule has 0 amide bonds. The van der Waals surface area contributed by atoms with Crippen LogP contribution in [0.15, 0.2) is 23.0 Å². The van der Waals surface area contributed by atoms with E-state index in [1.165, 1.54) is 6.07 Å². The summed E-state index contributed by atoms with van der Waals surface area (Å²) < 4.78 is 41.5. The number of aromatic nitrogens is 1. The van der Waals surface area contributed by atoms with Gasteiger partial charge in [0.15, 0.2) is 0 Å². The van der Waals surface area contributed by atoms with Gasteiger partial charge in [0.25, 0.3) is 5.56 Å². The Morgan fingerprint density at radius 3 is 2.17 bits per heavy atom. The summed E-state index contributed by atoms with van der Waals surface area (Å²) >= 11 is 0. The number of alkyl halides is 3. The Hall–Kier alpha value is -3.50. The van der Waals surface area contributed by atoms with Gasteiger partial charge in [0.2, 0.25) is 0 Å². The molecule has 1 fully saturated rings. The quantitative estimate of drug-likeness (QED) is 0.591. The van der Waals surface area contributed by atoms with E-state index in [1.807, 2.05) is 4.98 Å². The molecule has 0 bridgehead atoms. The molecule has 30 heavy (non-hydrogen) atoms. The van der Waals surface area contributed by atoms with Crippen molar-refractivity contribution in [1.29, 1.82) is 0 Å². The largest absolute Gasteiger partial charge is 0.478 e. The van der Waals surface area contributed by atoms with Crippen molar-refractivity contribution in [2.24, 2.45) is 0 Å². The summed E-state index contributed by atoms with van der Waals surface area (Å²) in [5.74, 6) is -4.13. The third-order valence-electron chi connectivity index (χ3n) is 4.96. The third kappa shape index (κ3) is 3.82. The van der Waals surface area contributed by atoms with Crippen LogP contribution >= 0.6 is 0 Å². The normalized spacial score (nSPS) is 14.6. The molecule has 0 saturated carbocycles. The SMILES string of the molecule is Nc1[nH]c(=O)c(C(=O)O)c(-c2ccc(N3CCCCC3)c(C(F)(F)F)c2)c1C(=O)O. The van der Waals surface area contributed by atoms with Crippen LogP contribution in [0.1, 0.15) is 45.5 Å². The second-order valence-electron chi connectivity index (χ2n) is 6.88. The molecule has 1 aliphatic heterocycles. The number of rotatable bonds is 4. The van der Waals surface area contributed by atoms with Gasteiger partial charge in [-0.15, -0.1) is 0 Å². The van der Waals surface area contributed by atoms with E-state index in [1.54, 1.807) is 4.90 Å². The fraction of sp³-hybridized carbons (Fsp3) is 0.316. The van der Waals surface area contributed by atoms with Crippen LogP contribution in [0.2, 0.25) is 0 Å². The number of anilines is 2. The monoisotopic (exact) mass is 425 g/mol. The molecule has 1 aliphatic rings. The molecule has 160 valence electrons. The maximum absolute atomic E-state index is 13.8. The highest BCUT2D eigenvalue weighted by molar-refractivity contribution is 6.07. The molecule has 1 saturated heterocycles. The van der Waals surface area contributed by atoms with E-state index in [4.69, 9.17) is 5.73 Å². The molecule has 1 aromatic heterocycles. The van der Waals surface area contributed by atoms with Gasteiger partial charge in [0.1, 0.15) is 16.9 Å². The minimum atomic E-state index is -4.79. The maximum atomic E-state index is 13.8. The number of aromatic carboxylic acids is 2. The predicted molar refractivity (Wildman–Crippen MR) is 102 cm³/mol. The number of nitrogens with two attached hydrogens (primary N) is 1. The molecule has 2 heterocycles. The van der Waals surface area contributed by atoms with Crippen LogP contribution in [0, 0.1) is 0 Å². The summed E-state index contributed by atoms with van der Waals surface area (Å²) in [4.78, 5) is 38.9. The van der Waals surface area contributed by atoms with E-state index < -0.39 is 51.7 Å². The van der Waals surface area contributed by atoms with Crippen molar-refractivity contribution in [1.82, 2.24) is 4.98 Å². The van der Waals surface area contributed by atoms with Crippen LogP contribution in [0.5, 0.6) is 0 Å². The van der Waals surface area contributed by atoms with Gasteiger partial charge >= 0.3 is 18.1 Å². The molecular weight excluding hydrogens is 407 g/mol. The van der Waals surface area contributed by atoms with Crippen molar-refractivity contribution < 1.29 is 33.0 Å². The molecule has 0 aliphatic carbocycles. The summed E-state index contributed by atoms with van der Waals surface area (Å²) in [7, 11) is 0. The molecular formula is C19H18F3N3O5. The van der Waals surface area contributed by atoms with E-state index in [9.17, 15) is 37.8 Å². The van der Waals surface area contributed by atoms with E-state index in [0.29, 0.717) is 19.2 Å². The number of nitrogen functional groups attached to an aromatic ring is 1. The molecule has 0 spiro atoms. The molecule has 0 atom stereocenters. The lowest BCUT2D eigenvalue weighted by Gasteiger charge is -2.31. The number of nitrogens with zero attached hydrogens (tertiary/aromatic N) is 1. The van der Waals surface area contributed by atoms with Crippen LogP contribution in [-0.4, -0.2) is 40.2 Å². The summed E-state index contributed by atoms with van der Waals surface area (Å²) in [6.07, 6.45) is -2.42. The summed E-state index contributed by atoms with van der Waals surface area (Å²) in [6.45, 7) is 0.863. The Morgan fingerprint density at radius 2 is 1.63 bits per heavy atom. The van der Waals surface area contributed by atoms with Gasteiger partial charge in [-0.3, -0.25) is 4.79 Å². The van der Waals surface area contributed by atoms with Crippen LogP contribution in [0.4, 0.5) is 24.7 Å². The van der Waals surface area contributed by atoms with Crippen LogP contribution in [0.25, 0.3) is 11.1 Å². The molecule has 1 aromatic carbocycles. The number of halogens is 3. The van der Waals surface area contributed by atoms with Crippen molar-refractivity contribution in [3.8, 4) is 11.1 Å². The smallest absolute Gasteiger partial charge is 0.418 e. The number of H-pyrrole nitrogens is 1. The first-order valence-corrected chi connectivity index (χ1v) is 9.01. The standard InChI is InChI=1S/C19H18F3N3O5/c20-19(21,22)10-8-9(4-5-11(10)25-6-2-1-3-7-25)12-13(17(27)28)15(23)24-16(26)14(12)18(29)30/h4-5,8H,1-3,6-7H2,(H,27,28)(H,29,30)(H3,23,24,26). The van der Waals surface area contributed by atoms with Crippen LogP contribution < -0.4 is 16.2 Å². The van der Waals surface area contributed by atoms with Crippen molar-refractivity contribution in [3.05, 3.63) is 45.2 Å². The van der Waals surface area contributed by atoms with Gasteiger partial charge in [-0.1, -0.05) is 6.07 Å². The van der Waals surface area contributed by atoms with Gasteiger partial charge in [0, 0.05) is 24.3 Å². The second-order valence-corrected chi connectivity index (χ2v) is 6.88. The summed E-state index contributed by atoms with van der Waals surface area (Å²) in [5.41, 5.74) is 0.354. The van der Waals surface area contributed by atoms with Crippen molar-refractivity contribution in [3.63, 3.8) is 0 Å². The van der Waals surface area contributed by atoms with Crippen molar-refractivity contribution in [2.75, 3.05) is 23.7 Å². The average molecular weight is 425 g/mol. The highest BCUT2D eigenvalue weighted by atomic mass is 19.4. The Morgan fingerprint density at radius 1 is 1.03 bits per heavy atom. The number of piperidine rings is 1. The lowest BCUT2D eigenvalue weighted by atomic mass is 9.93. The number of aromatic amines is 1. The number of carboxylic acid groups (broad SMARTS) is 2. The third-order valence-corrected chi connectivity index (χ3v) is 4.96. The summed E-state index contributed by atoms with van der Waals surface area (Å²) in [6, 6.07) is 3.00. The lowest BCUT2D eigenvalue weighted by Crippen LogP contribution is -2.31. The fourth-order valence-corrected chi connectivity index (χ4v) is 3.66. The Kier molecular flexibility index (Phi) is 5.47. The van der Waals surface area contributed by atoms with Gasteiger partial charge in [0.05, 0.1) is 5.56 Å².